The number of benzene rings is 1. The van der Waals surface area contributed by atoms with E-state index in [1.807, 2.05) is 0 Å². The second-order valence-electron chi connectivity index (χ2n) is 3.13. The van der Waals surface area contributed by atoms with Gasteiger partial charge in [-0.05, 0) is 6.07 Å². The van der Waals surface area contributed by atoms with Crippen LogP contribution in [-0.2, 0) is 6.54 Å². The fourth-order valence-electron chi connectivity index (χ4n) is 1.25. The van der Waals surface area contributed by atoms with Crippen LogP contribution in [0.5, 0.6) is 0 Å². The molecule has 0 amide bonds. The van der Waals surface area contributed by atoms with Crippen LogP contribution in [0.2, 0.25) is 0 Å². The molecular weight excluding hydrogens is 226 g/mol. The third-order valence-corrected chi connectivity index (χ3v) is 2.02. The Morgan fingerprint density at radius 3 is 2.53 bits per heavy atom. The van der Waals surface area contributed by atoms with E-state index in [9.17, 15) is 20.2 Å². The summed E-state index contributed by atoms with van der Waals surface area (Å²) in [7, 11) is 0. The molecule has 0 bridgehead atoms. The largest absolute Gasteiger partial charge is 0.302 e. The molecule has 1 aromatic rings. The molecule has 0 fully saturated rings. The fourth-order valence-corrected chi connectivity index (χ4v) is 1.25. The van der Waals surface area contributed by atoms with Crippen LogP contribution in [0.4, 0.5) is 11.4 Å². The zero-order valence-electron chi connectivity index (χ0n) is 8.75. The highest BCUT2D eigenvalue weighted by atomic mass is 16.6. The number of hydrogen-bond acceptors (Lipinski definition) is 5. The minimum atomic E-state index is -0.675. The van der Waals surface area contributed by atoms with E-state index in [1.165, 1.54) is 12.1 Å². The fraction of sp³-hybridized carbons (Fsp3) is 0.200. The van der Waals surface area contributed by atoms with Crippen LogP contribution in [0.15, 0.2) is 18.2 Å². The van der Waals surface area contributed by atoms with E-state index < -0.39 is 9.85 Å². The van der Waals surface area contributed by atoms with Crippen LogP contribution in [0.1, 0.15) is 5.56 Å². The molecule has 1 rings (SSSR count). The van der Waals surface area contributed by atoms with Crippen molar-refractivity contribution < 1.29 is 9.85 Å². The molecule has 0 radical (unpaired) electrons. The Kier molecular flexibility index (Phi) is 4.14. The van der Waals surface area contributed by atoms with Gasteiger partial charge in [0.15, 0.2) is 0 Å². The van der Waals surface area contributed by atoms with Crippen molar-refractivity contribution in [3.8, 4) is 12.3 Å². The number of terminal acetylenes is 1. The van der Waals surface area contributed by atoms with Crippen molar-refractivity contribution >= 4 is 11.4 Å². The molecule has 0 aromatic heterocycles. The number of hydrogen-bond donors (Lipinski definition) is 1. The van der Waals surface area contributed by atoms with Gasteiger partial charge in [0.25, 0.3) is 11.4 Å². The number of nitro groups is 2. The Bertz CT molecular complexity index is 493. The zero-order valence-corrected chi connectivity index (χ0v) is 8.75. The van der Waals surface area contributed by atoms with E-state index in [1.54, 1.807) is 0 Å². The molecule has 17 heavy (non-hydrogen) atoms. The molecule has 0 unspecified atom stereocenters. The number of nitrogens with zero attached hydrogens (tertiary/aromatic N) is 2. The van der Waals surface area contributed by atoms with Gasteiger partial charge in [-0.1, -0.05) is 5.92 Å². The number of nitro benzene ring substituents is 2. The van der Waals surface area contributed by atoms with Crippen LogP contribution >= 0.6 is 0 Å². The minimum absolute atomic E-state index is 0.193. The molecule has 0 atom stereocenters. The highest BCUT2D eigenvalue weighted by Gasteiger charge is 2.18. The van der Waals surface area contributed by atoms with Crippen LogP contribution in [0.3, 0.4) is 0 Å². The van der Waals surface area contributed by atoms with Gasteiger partial charge < -0.3 is 5.32 Å². The predicted molar refractivity (Wildman–Crippen MR) is 60.3 cm³/mol. The highest BCUT2D eigenvalue weighted by molar-refractivity contribution is 5.49. The third-order valence-electron chi connectivity index (χ3n) is 2.02. The lowest BCUT2D eigenvalue weighted by molar-refractivity contribution is -0.394. The maximum Gasteiger partial charge on any atom is 0.280 e. The smallest absolute Gasteiger partial charge is 0.280 e. The summed E-state index contributed by atoms with van der Waals surface area (Å²) in [5, 5.41) is 24.0. The number of rotatable bonds is 5. The van der Waals surface area contributed by atoms with Crippen LogP contribution in [0.25, 0.3) is 0 Å². The third kappa shape index (κ3) is 3.25. The average molecular weight is 235 g/mol. The van der Waals surface area contributed by atoms with Crippen molar-refractivity contribution in [2.45, 2.75) is 6.54 Å². The minimum Gasteiger partial charge on any atom is -0.302 e. The summed E-state index contributed by atoms with van der Waals surface area (Å²) < 4.78 is 0. The van der Waals surface area contributed by atoms with Crippen LogP contribution in [-0.4, -0.2) is 16.4 Å². The van der Waals surface area contributed by atoms with Gasteiger partial charge in [-0.2, -0.15) is 0 Å². The first-order valence-corrected chi connectivity index (χ1v) is 4.62. The van der Waals surface area contributed by atoms with Gasteiger partial charge in [0, 0.05) is 18.2 Å². The SMILES string of the molecule is C#CCNCc1ccc([N+](=O)[O-])cc1[N+](=O)[O-]. The van der Waals surface area contributed by atoms with E-state index >= 15 is 0 Å². The summed E-state index contributed by atoms with van der Waals surface area (Å²) in [5.41, 5.74) is -0.239. The first-order chi connectivity index (χ1) is 8.06. The van der Waals surface area contributed by atoms with Gasteiger partial charge in [-0.15, -0.1) is 6.42 Å². The van der Waals surface area contributed by atoms with Gasteiger partial charge in [0.1, 0.15) is 0 Å². The maximum absolute atomic E-state index is 10.7. The van der Waals surface area contributed by atoms with E-state index in [0.717, 1.165) is 6.07 Å². The molecule has 0 aliphatic rings. The second-order valence-corrected chi connectivity index (χ2v) is 3.13. The van der Waals surface area contributed by atoms with Gasteiger partial charge >= 0.3 is 0 Å². The number of nitrogens with one attached hydrogen (secondary N) is 1. The van der Waals surface area contributed by atoms with Crippen LogP contribution in [0, 0.1) is 32.6 Å². The molecular formula is C10H9N3O4. The zero-order chi connectivity index (χ0) is 12.8. The maximum atomic E-state index is 10.7. The first kappa shape index (κ1) is 12.6. The van der Waals surface area contributed by atoms with Gasteiger partial charge in [0.2, 0.25) is 0 Å². The van der Waals surface area contributed by atoms with Gasteiger partial charge in [0.05, 0.1) is 22.5 Å². The summed E-state index contributed by atoms with van der Waals surface area (Å²) >= 11 is 0. The Labute approximate surface area is 96.7 Å². The number of non-ortho nitro benzene ring substituents is 1. The Morgan fingerprint density at radius 2 is 2.00 bits per heavy atom. The van der Waals surface area contributed by atoms with Crippen LogP contribution < -0.4 is 5.32 Å². The lowest BCUT2D eigenvalue weighted by Crippen LogP contribution is -2.14. The second kappa shape index (κ2) is 5.58. The molecule has 0 spiro atoms. The molecule has 7 heteroatoms. The summed E-state index contributed by atoms with van der Waals surface area (Å²) in [4.78, 5) is 19.9. The van der Waals surface area contributed by atoms with E-state index in [2.05, 4.69) is 11.2 Å². The summed E-state index contributed by atoms with van der Waals surface area (Å²) in [5.74, 6) is 2.33. The lowest BCUT2D eigenvalue weighted by atomic mass is 10.1. The standard InChI is InChI=1S/C10H9N3O4/c1-2-5-11-7-8-3-4-9(12(14)15)6-10(8)13(16)17/h1,3-4,6,11H,5,7H2. The average Bonchev–Trinajstić information content (AvgIpc) is 2.29. The van der Waals surface area contributed by atoms with Gasteiger partial charge in [-0.25, -0.2) is 0 Å². The van der Waals surface area contributed by atoms with Crippen molar-refractivity contribution in [2.24, 2.45) is 0 Å². The highest BCUT2D eigenvalue weighted by Crippen LogP contribution is 2.24. The van der Waals surface area contributed by atoms with Crippen molar-refractivity contribution in [3.05, 3.63) is 44.0 Å². The molecule has 0 saturated carbocycles. The van der Waals surface area contributed by atoms with E-state index in [4.69, 9.17) is 6.42 Å². The predicted octanol–water partition coefficient (Wildman–Crippen LogP) is 1.23. The van der Waals surface area contributed by atoms with Crippen molar-refractivity contribution in [3.63, 3.8) is 0 Å². The Hall–Kier alpha value is -2.46. The summed E-state index contributed by atoms with van der Waals surface area (Å²) in [6.07, 6.45) is 5.02. The van der Waals surface area contributed by atoms with Gasteiger partial charge in [-0.3, -0.25) is 20.2 Å². The molecule has 0 aliphatic heterocycles. The molecule has 7 nitrogen and oxygen atoms in total. The topological polar surface area (TPSA) is 98.3 Å². The molecule has 1 N–H and O–H groups in total. The van der Waals surface area contributed by atoms with E-state index in [-0.39, 0.29) is 24.5 Å². The van der Waals surface area contributed by atoms with Crippen molar-refractivity contribution in [2.75, 3.05) is 6.54 Å². The monoisotopic (exact) mass is 235 g/mol. The summed E-state index contributed by atoms with van der Waals surface area (Å²) in [6.45, 7) is 0.465. The molecule has 0 heterocycles. The quantitative estimate of drug-likeness (QED) is 0.358. The lowest BCUT2D eigenvalue weighted by Gasteiger charge is -2.02. The van der Waals surface area contributed by atoms with Crippen molar-refractivity contribution in [1.82, 2.24) is 5.32 Å². The molecule has 0 saturated heterocycles. The Balaban J connectivity index is 3.01. The Morgan fingerprint density at radius 1 is 1.29 bits per heavy atom. The van der Waals surface area contributed by atoms with Crippen molar-refractivity contribution in [1.29, 1.82) is 0 Å². The molecule has 1 aromatic carbocycles. The summed E-state index contributed by atoms with van der Waals surface area (Å²) in [6, 6.07) is 3.51. The molecule has 0 aliphatic carbocycles. The van der Waals surface area contributed by atoms with E-state index in [0.29, 0.717) is 5.56 Å². The first-order valence-electron chi connectivity index (χ1n) is 4.62. The normalized spacial score (nSPS) is 9.59. The molecule has 88 valence electrons.